The fraction of sp³-hybridized carbons (Fsp3) is 0.429. The van der Waals surface area contributed by atoms with Gasteiger partial charge in [-0.1, -0.05) is 86.9 Å². The SMILES string of the molecule is CCCCCC1C#CC2=C(C(Cl)=C1)c1ccccc1C(C)C2. The van der Waals surface area contributed by atoms with Gasteiger partial charge < -0.3 is 0 Å². The first kappa shape index (κ1) is 15.4. The monoisotopic (exact) mass is 310 g/mol. The second-order valence-electron chi connectivity index (χ2n) is 6.43. The van der Waals surface area contributed by atoms with E-state index in [0.717, 1.165) is 17.9 Å². The Morgan fingerprint density at radius 2 is 2.05 bits per heavy atom. The Kier molecular flexibility index (Phi) is 4.74. The molecule has 0 aliphatic heterocycles. The quantitative estimate of drug-likeness (QED) is 0.453. The Morgan fingerprint density at radius 3 is 2.86 bits per heavy atom. The third-order valence-electron chi connectivity index (χ3n) is 4.69. The highest BCUT2D eigenvalue weighted by atomic mass is 35.5. The van der Waals surface area contributed by atoms with E-state index in [1.807, 2.05) is 0 Å². The van der Waals surface area contributed by atoms with Crippen LogP contribution in [0.25, 0.3) is 5.57 Å². The zero-order valence-corrected chi connectivity index (χ0v) is 14.2. The Labute approximate surface area is 139 Å². The number of hydrogen-bond donors (Lipinski definition) is 0. The lowest BCUT2D eigenvalue weighted by Gasteiger charge is -2.25. The van der Waals surface area contributed by atoms with Crippen LogP contribution in [0.5, 0.6) is 0 Å². The fourth-order valence-electron chi connectivity index (χ4n) is 3.47. The van der Waals surface area contributed by atoms with Crippen LogP contribution in [0.4, 0.5) is 0 Å². The van der Waals surface area contributed by atoms with Crippen LogP contribution in [-0.4, -0.2) is 0 Å². The minimum atomic E-state index is 0.298. The summed E-state index contributed by atoms with van der Waals surface area (Å²) in [5.74, 6) is 7.73. The molecule has 0 radical (unpaired) electrons. The molecular formula is C21H23Cl. The maximum Gasteiger partial charge on any atom is 0.0466 e. The van der Waals surface area contributed by atoms with Crippen molar-refractivity contribution in [2.24, 2.45) is 5.92 Å². The summed E-state index contributed by atoms with van der Waals surface area (Å²) < 4.78 is 0. The number of unbranched alkanes of at least 4 members (excludes halogenated alkanes) is 2. The van der Waals surface area contributed by atoms with Gasteiger partial charge in [0, 0.05) is 22.1 Å². The van der Waals surface area contributed by atoms with Gasteiger partial charge in [-0.15, -0.1) is 0 Å². The maximum absolute atomic E-state index is 6.70. The molecule has 0 heterocycles. The van der Waals surface area contributed by atoms with Gasteiger partial charge in [-0.25, -0.2) is 0 Å². The van der Waals surface area contributed by atoms with Gasteiger partial charge >= 0.3 is 0 Å². The molecule has 0 fully saturated rings. The summed E-state index contributed by atoms with van der Waals surface area (Å²) in [6.07, 6.45) is 8.06. The van der Waals surface area contributed by atoms with Gasteiger partial charge in [-0.05, 0) is 29.9 Å². The molecule has 1 aromatic carbocycles. The van der Waals surface area contributed by atoms with Crippen molar-refractivity contribution in [3.05, 3.63) is 52.1 Å². The van der Waals surface area contributed by atoms with Crippen molar-refractivity contribution in [1.82, 2.24) is 0 Å². The third kappa shape index (κ3) is 3.01. The van der Waals surface area contributed by atoms with E-state index in [1.165, 1.54) is 41.5 Å². The van der Waals surface area contributed by atoms with Crippen LogP contribution in [0.2, 0.25) is 0 Å². The highest BCUT2D eigenvalue weighted by molar-refractivity contribution is 6.37. The molecule has 0 N–H and O–H groups in total. The summed E-state index contributed by atoms with van der Waals surface area (Å²) in [5.41, 5.74) is 5.09. The Balaban J connectivity index is 1.95. The van der Waals surface area contributed by atoms with Gasteiger partial charge in [0.1, 0.15) is 0 Å². The normalized spacial score (nSPS) is 23.0. The number of halogens is 1. The number of fused-ring (bicyclic) bond motifs is 2. The standard InChI is InChI=1S/C21H23Cl/c1-3-4-5-8-16-11-12-17-13-15(2)18-9-6-7-10-19(18)21(17)20(22)14-16/h6-7,9-10,14-16H,3-5,8,13H2,1-2H3. The van der Waals surface area contributed by atoms with Gasteiger partial charge in [0.05, 0.1) is 0 Å². The lowest BCUT2D eigenvalue weighted by molar-refractivity contribution is 0.621. The summed E-state index contributed by atoms with van der Waals surface area (Å²) in [4.78, 5) is 0. The van der Waals surface area contributed by atoms with Gasteiger partial charge in [-0.2, -0.15) is 0 Å². The molecule has 0 bridgehead atoms. The number of hydrogen-bond acceptors (Lipinski definition) is 0. The summed E-state index contributed by atoms with van der Waals surface area (Å²) in [5, 5.41) is 0.883. The van der Waals surface area contributed by atoms with Crippen LogP contribution in [0.3, 0.4) is 0 Å². The Morgan fingerprint density at radius 1 is 1.23 bits per heavy atom. The van der Waals surface area contributed by atoms with E-state index in [-0.39, 0.29) is 0 Å². The molecule has 2 atom stereocenters. The van der Waals surface area contributed by atoms with E-state index in [2.05, 4.69) is 56.0 Å². The average molecular weight is 311 g/mol. The molecule has 3 rings (SSSR count). The smallest absolute Gasteiger partial charge is 0.0466 e. The lowest BCUT2D eigenvalue weighted by Crippen LogP contribution is -2.08. The fourth-order valence-corrected chi connectivity index (χ4v) is 3.84. The first-order valence-corrected chi connectivity index (χ1v) is 8.80. The minimum Gasteiger partial charge on any atom is -0.0906 e. The van der Waals surface area contributed by atoms with Crippen LogP contribution in [0.15, 0.2) is 40.9 Å². The summed E-state index contributed by atoms with van der Waals surface area (Å²) in [6, 6.07) is 8.64. The van der Waals surface area contributed by atoms with Crippen molar-refractivity contribution in [3.63, 3.8) is 0 Å². The molecule has 1 aromatic rings. The van der Waals surface area contributed by atoms with Gasteiger partial charge in [0.2, 0.25) is 0 Å². The highest BCUT2D eigenvalue weighted by Crippen LogP contribution is 2.43. The predicted octanol–water partition coefficient (Wildman–Crippen LogP) is 6.28. The molecule has 0 saturated carbocycles. The highest BCUT2D eigenvalue weighted by Gasteiger charge is 2.26. The van der Waals surface area contributed by atoms with Crippen molar-refractivity contribution in [2.45, 2.75) is 51.9 Å². The predicted molar refractivity (Wildman–Crippen MR) is 95.7 cm³/mol. The number of rotatable bonds is 4. The number of allylic oxidation sites excluding steroid dienone is 4. The first-order valence-electron chi connectivity index (χ1n) is 8.42. The lowest BCUT2D eigenvalue weighted by atomic mass is 9.79. The molecule has 22 heavy (non-hydrogen) atoms. The minimum absolute atomic E-state index is 0.298. The van der Waals surface area contributed by atoms with E-state index in [9.17, 15) is 0 Å². The summed E-state index contributed by atoms with van der Waals surface area (Å²) in [6.45, 7) is 4.52. The van der Waals surface area contributed by atoms with Crippen LogP contribution in [0, 0.1) is 17.8 Å². The molecule has 0 nitrogen and oxygen atoms in total. The molecule has 1 heteroatoms. The van der Waals surface area contributed by atoms with Crippen molar-refractivity contribution in [3.8, 4) is 11.8 Å². The first-order chi connectivity index (χ1) is 10.7. The van der Waals surface area contributed by atoms with Crippen molar-refractivity contribution in [1.29, 1.82) is 0 Å². The van der Waals surface area contributed by atoms with Gasteiger partial charge in [-0.3, -0.25) is 0 Å². The second-order valence-corrected chi connectivity index (χ2v) is 6.84. The topological polar surface area (TPSA) is 0 Å². The molecule has 0 amide bonds. The molecule has 2 aliphatic rings. The Hall–Kier alpha value is -1.45. The molecule has 114 valence electrons. The zero-order chi connectivity index (χ0) is 15.5. The van der Waals surface area contributed by atoms with Crippen LogP contribution in [-0.2, 0) is 0 Å². The van der Waals surface area contributed by atoms with Crippen molar-refractivity contribution in [2.75, 3.05) is 0 Å². The van der Waals surface area contributed by atoms with Gasteiger partial charge in [0.15, 0.2) is 0 Å². The average Bonchev–Trinajstić information content (AvgIpc) is 2.67. The van der Waals surface area contributed by atoms with E-state index in [1.54, 1.807) is 0 Å². The third-order valence-corrected chi connectivity index (χ3v) is 5.00. The van der Waals surface area contributed by atoms with E-state index in [4.69, 9.17) is 11.6 Å². The molecule has 0 aromatic heterocycles. The van der Waals surface area contributed by atoms with E-state index >= 15 is 0 Å². The van der Waals surface area contributed by atoms with Gasteiger partial charge in [0.25, 0.3) is 0 Å². The van der Waals surface area contributed by atoms with Crippen molar-refractivity contribution < 1.29 is 0 Å². The van der Waals surface area contributed by atoms with Crippen LogP contribution in [0.1, 0.15) is 63.0 Å². The second kappa shape index (κ2) is 6.76. The van der Waals surface area contributed by atoms with E-state index < -0.39 is 0 Å². The maximum atomic E-state index is 6.70. The van der Waals surface area contributed by atoms with Crippen LogP contribution < -0.4 is 0 Å². The van der Waals surface area contributed by atoms with E-state index in [0.29, 0.717) is 11.8 Å². The largest absolute Gasteiger partial charge is 0.0906 e. The molecule has 0 saturated heterocycles. The van der Waals surface area contributed by atoms with Crippen molar-refractivity contribution >= 4 is 17.2 Å². The molecule has 2 aliphatic carbocycles. The Bertz CT molecular complexity index is 681. The summed E-state index contributed by atoms with van der Waals surface area (Å²) >= 11 is 6.70. The molecule has 2 unspecified atom stereocenters. The zero-order valence-electron chi connectivity index (χ0n) is 13.5. The van der Waals surface area contributed by atoms with Crippen LogP contribution >= 0.6 is 11.6 Å². The molecule has 0 spiro atoms. The summed E-state index contributed by atoms with van der Waals surface area (Å²) in [7, 11) is 0. The molecular weight excluding hydrogens is 288 g/mol. The number of benzene rings is 1.